The van der Waals surface area contributed by atoms with Crippen molar-refractivity contribution >= 4 is 17.8 Å². The summed E-state index contributed by atoms with van der Waals surface area (Å²) in [4.78, 5) is 35.4. The Morgan fingerprint density at radius 1 is 1.20 bits per heavy atom. The summed E-state index contributed by atoms with van der Waals surface area (Å²) in [6.07, 6.45) is 1.43. The minimum Gasteiger partial charge on any atom is -0.478 e. The van der Waals surface area contributed by atoms with Crippen LogP contribution in [0.15, 0.2) is 36.0 Å². The number of hydrogen-bond acceptors (Lipinski definition) is 4. The first-order valence-electron chi connectivity index (χ1n) is 5.80. The molecule has 0 aromatic heterocycles. The Morgan fingerprint density at radius 3 is 2.15 bits per heavy atom. The zero-order valence-electron chi connectivity index (χ0n) is 11.9. The number of ether oxygens (including phenoxy) is 1. The van der Waals surface area contributed by atoms with Crippen molar-refractivity contribution < 1.29 is 24.2 Å². The Balaban J connectivity index is 5.02. The van der Waals surface area contributed by atoms with Gasteiger partial charge in [-0.3, -0.25) is 14.5 Å². The molecular formula is C14H19NO5. The summed E-state index contributed by atoms with van der Waals surface area (Å²) in [5.41, 5.74) is 0.402. The van der Waals surface area contributed by atoms with Crippen LogP contribution >= 0.6 is 0 Å². The van der Waals surface area contributed by atoms with Gasteiger partial charge in [0.2, 0.25) is 0 Å². The van der Waals surface area contributed by atoms with E-state index in [-0.39, 0.29) is 29.9 Å². The van der Waals surface area contributed by atoms with E-state index in [1.165, 1.54) is 27.0 Å². The Hall–Kier alpha value is -2.21. The molecule has 0 atom stereocenters. The van der Waals surface area contributed by atoms with Crippen LogP contribution in [-0.4, -0.2) is 41.6 Å². The molecule has 0 aromatic rings. The fourth-order valence-corrected chi connectivity index (χ4v) is 1.23. The van der Waals surface area contributed by atoms with Crippen LogP contribution in [0.2, 0.25) is 0 Å². The van der Waals surface area contributed by atoms with E-state index in [2.05, 4.69) is 13.2 Å². The van der Waals surface area contributed by atoms with Gasteiger partial charge in [-0.05, 0) is 20.3 Å². The van der Waals surface area contributed by atoms with Gasteiger partial charge in [0.25, 0.3) is 11.8 Å². The summed E-state index contributed by atoms with van der Waals surface area (Å²) in [5, 5.41) is 8.68. The third kappa shape index (κ3) is 5.19. The molecule has 6 heteroatoms. The third-order valence-electron chi connectivity index (χ3n) is 2.41. The summed E-state index contributed by atoms with van der Waals surface area (Å²) in [6.45, 7) is 9.63. The summed E-state index contributed by atoms with van der Waals surface area (Å²) in [6, 6.07) is 0. The highest BCUT2D eigenvalue weighted by Gasteiger charge is 2.22. The summed E-state index contributed by atoms with van der Waals surface area (Å²) >= 11 is 0. The number of aliphatic carboxylic acids is 1. The Kier molecular flexibility index (Phi) is 7.17. The monoisotopic (exact) mass is 281 g/mol. The average molecular weight is 281 g/mol. The molecule has 6 nitrogen and oxygen atoms in total. The van der Waals surface area contributed by atoms with Crippen molar-refractivity contribution in [1.82, 2.24) is 4.90 Å². The molecule has 0 aliphatic heterocycles. The highest BCUT2D eigenvalue weighted by Crippen LogP contribution is 2.09. The van der Waals surface area contributed by atoms with Crippen LogP contribution in [0.5, 0.6) is 0 Å². The maximum Gasteiger partial charge on any atom is 0.331 e. The first kappa shape index (κ1) is 17.8. The molecular weight excluding hydrogens is 262 g/mol. The number of carboxylic acids is 1. The lowest BCUT2D eigenvalue weighted by Crippen LogP contribution is -2.39. The first-order chi connectivity index (χ1) is 9.22. The van der Waals surface area contributed by atoms with Crippen LogP contribution < -0.4 is 0 Å². The lowest BCUT2D eigenvalue weighted by atomic mass is 10.1. The van der Waals surface area contributed by atoms with Crippen molar-refractivity contribution in [1.29, 1.82) is 0 Å². The smallest absolute Gasteiger partial charge is 0.331 e. The zero-order chi connectivity index (χ0) is 15.9. The molecule has 0 saturated carbocycles. The predicted octanol–water partition coefficient (Wildman–Crippen LogP) is 1.50. The van der Waals surface area contributed by atoms with Crippen LogP contribution in [0.4, 0.5) is 0 Å². The molecule has 1 N–H and O–H groups in total. The molecule has 0 rings (SSSR count). The number of allylic oxidation sites excluding steroid dienone is 1. The normalized spacial score (nSPS) is 10.8. The quantitative estimate of drug-likeness (QED) is 0.564. The molecule has 0 aliphatic carbocycles. The second-order valence-electron chi connectivity index (χ2n) is 4.24. The van der Waals surface area contributed by atoms with Gasteiger partial charge in [0.15, 0.2) is 0 Å². The molecule has 0 aromatic carbocycles. The van der Waals surface area contributed by atoms with Gasteiger partial charge in [0, 0.05) is 23.8 Å². The SMILES string of the molecule is C=C(C)C(=O)N(COC)C(=O)C(C)=CCC(=C)C(=O)O. The lowest BCUT2D eigenvalue weighted by molar-refractivity contribution is -0.145. The van der Waals surface area contributed by atoms with Crippen molar-refractivity contribution in [2.75, 3.05) is 13.8 Å². The Bertz CT molecular complexity index is 476. The topological polar surface area (TPSA) is 83.9 Å². The average Bonchev–Trinajstić information content (AvgIpc) is 2.39. The second kappa shape index (κ2) is 8.06. The highest BCUT2D eigenvalue weighted by molar-refractivity contribution is 6.09. The third-order valence-corrected chi connectivity index (χ3v) is 2.41. The number of carbonyl (C=O) groups is 3. The van der Waals surface area contributed by atoms with Gasteiger partial charge in [-0.25, -0.2) is 4.79 Å². The molecule has 0 saturated heterocycles. The largest absolute Gasteiger partial charge is 0.478 e. The van der Waals surface area contributed by atoms with E-state index in [9.17, 15) is 14.4 Å². The summed E-state index contributed by atoms with van der Waals surface area (Å²) < 4.78 is 4.81. The van der Waals surface area contributed by atoms with Crippen LogP contribution in [0, 0.1) is 0 Å². The number of nitrogens with zero attached hydrogens (tertiary/aromatic N) is 1. The first-order valence-corrected chi connectivity index (χ1v) is 5.80. The molecule has 110 valence electrons. The fraction of sp³-hybridized carbons (Fsp3) is 0.357. The van der Waals surface area contributed by atoms with E-state index in [4.69, 9.17) is 9.84 Å². The molecule has 0 bridgehead atoms. The maximum absolute atomic E-state index is 12.1. The minimum atomic E-state index is -1.13. The molecule has 0 aliphatic rings. The fourth-order valence-electron chi connectivity index (χ4n) is 1.23. The number of amides is 2. The van der Waals surface area contributed by atoms with Gasteiger partial charge < -0.3 is 9.84 Å². The molecule has 20 heavy (non-hydrogen) atoms. The number of carbonyl (C=O) groups excluding carboxylic acids is 2. The number of rotatable bonds is 7. The Labute approximate surface area is 118 Å². The number of methoxy groups -OCH3 is 1. The minimum absolute atomic E-state index is 0.0228. The summed E-state index contributed by atoms with van der Waals surface area (Å²) in [7, 11) is 1.36. The van der Waals surface area contributed by atoms with Gasteiger partial charge in [-0.2, -0.15) is 0 Å². The molecule has 0 spiro atoms. The number of carboxylic acid groups (broad SMARTS) is 1. The van der Waals surface area contributed by atoms with Crippen LogP contribution in [0.25, 0.3) is 0 Å². The van der Waals surface area contributed by atoms with E-state index in [1.54, 1.807) is 0 Å². The van der Waals surface area contributed by atoms with Gasteiger partial charge in [0.1, 0.15) is 6.73 Å². The van der Waals surface area contributed by atoms with Crippen molar-refractivity contribution in [3.05, 3.63) is 36.0 Å². The van der Waals surface area contributed by atoms with E-state index in [0.29, 0.717) is 0 Å². The number of hydrogen-bond donors (Lipinski definition) is 1. The van der Waals surface area contributed by atoms with Crippen LogP contribution in [0.1, 0.15) is 20.3 Å². The van der Waals surface area contributed by atoms with Gasteiger partial charge >= 0.3 is 5.97 Å². The molecule has 0 fully saturated rings. The maximum atomic E-state index is 12.1. The summed E-state index contributed by atoms with van der Waals surface area (Å²) in [5.74, 6) is -2.23. The van der Waals surface area contributed by atoms with E-state index < -0.39 is 17.8 Å². The van der Waals surface area contributed by atoms with Crippen LogP contribution in [0.3, 0.4) is 0 Å². The van der Waals surface area contributed by atoms with Crippen molar-refractivity contribution in [2.24, 2.45) is 0 Å². The van der Waals surface area contributed by atoms with Crippen LogP contribution in [-0.2, 0) is 19.1 Å². The molecule has 2 amide bonds. The van der Waals surface area contributed by atoms with Gasteiger partial charge in [-0.15, -0.1) is 0 Å². The lowest BCUT2D eigenvalue weighted by Gasteiger charge is -2.20. The second-order valence-corrected chi connectivity index (χ2v) is 4.24. The van der Waals surface area contributed by atoms with E-state index in [1.807, 2.05) is 0 Å². The zero-order valence-corrected chi connectivity index (χ0v) is 11.9. The predicted molar refractivity (Wildman–Crippen MR) is 73.7 cm³/mol. The van der Waals surface area contributed by atoms with Gasteiger partial charge in [0.05, 0.1) is 0 Å². The van der Waals surface area contributed by atoms with Crippen molar-refractivity contribution in [3.8, 4) is 0 Å². The van der Waals surface area contributed by atoms with Gasteiger partial charge in [-0.1, -0.05) is 19.2 Å². The van der Waals surface area contributed by atoms with E-state index >= 15 is 0 Å². The van der Waals surface area contributed by atoms with Crippen molar-refractivity contribution in [3.63, 3.8) is 0 Å². The van der Waals surface area contributed by atoms with Crippen molar-refractivity contribution in [2.45, 2.75) is 20.3 Å². The Morgan fingerprint density at radius 2 is 1.75 bits per heavy atom. The standard InChI is InChI=1S/C14H19NO5/c1-9(2)12(16)15(8-20-5)13(17)10(3)6-7-11(4)14(18)19/h6H,1,4,7-8H2,2-3,5H3,(H,18,19). The van der Waals surface area contributed by atoms with E-state index in [0.717, 1.165) is 4.90 Å². The number of imide groups is 1. The molecule has 0 heterocycles. The molecule has 0 unspecified atom stereocenters. The highest BCUT2D eigenvalue weighted by atomic mass is 16.5. The molecule has 0 radical (unpaired) electrons.